The lowest BCUT2D eigenvalue weighted by Gasteiger charge is -2.22. The molecular weight excluding hydrogens is 346 g/mol. The molecule has 130 valence electrons. The molecule has 0 spiro atoms. The molecule has 0 saturated carbocycles. The maximum atomic E-state index is 12.8. The van der Waals surface area contributed by atoms with Crippen molar-refractivity contribution in [3.8, 4) is 0 Å². The highest BCUT2D eigenvalue weighted by atomic mass is 35.5. The summed E-state index contributed by atoms with van der Waals surface area (Å²) >= 11 is 5.85. The minimum absolute atomic E-state index is 0.184. The van der Waals surface area contributed by atoms with Gasteiger partial charge in [-0.05, 0) is 42.8 Å². The fourth-order valence-electron chi connectivity index (χ4n) is 3.28. The molecule has 1 aromatic heterocycles. The first-order chi connectivity index (χ1) is 12.0. The molecule has 1 aliphatic heterocycles. The van der Waals surface area contributed by atoms with Crippen LogP contribution in [0, 0.1) is 0 Å². The highest BCUT2D eigenvalue weighted by Crippen LogP contribution is 2.39. The molecule has 2 heterocycles. The first-order valence-electron chi connectivity index (χ1n) is 7.63. The van der Waals surface area contributed by atoms with E-state index in [-0.39, 0.29) is 12.2 Å². The standard InChI is InChI=1S/C18H16ClNO5/c1-24-16(22)18(17(23)25-2)9-10-20-13(7-8-14(18)20)15(21)11-3-5-12(19)6-4-11/h3-8H,9-10H2,1-2H3. The number of fused-ring (bicyclic) bond motifs is 1. The van der Waals surface area contributed by atoms with E-state index < -0.39 is 17.4 Å². The van der Waals surface area contributed by atoms with Crippen molar-refractivity contribution in [3.63, 3.8) is 0 Å². The molecule has 0 amide bonds. The molecule has 7 heteroatoms. The molecule has 1 aliphatic rings. The van der Waals surface area contributed by atoms with Crippen LogP contribution in [0.5, 0.6) is 0 Å². The molecule has 0 aliphatic carbocycles. The van der Waals surface area contributed by atoms with Crippen molar-refractivity contribution in [2.45, 2.75) is 18.4 Å². The van der Waals surface area contributed by atoms with Crippen LogP contribution in [0.4, 0.5) is 0 Å². The summed E-state index contributed by atoms with van der Waals surface area (Å²) in [5, 5.41) is 0.535. The molecule has 1 aromatic carbocycles. The van der Waals surface area contributed by atoms with Gasteiger partial charge in [-0.15, -0.1) is 0 Å². The lowest BCUT2D eigenvalue weighted by molar-refractivity contribution is -0.161. The molecule has 0 N–H and O–H groups in total. The van der Waals surface area contributed by atoms with Crippen LogP contribution in [-0.2, 0) is 31.0 Å². The van der Waals surface area contributed by atoms with Gasteiger partial charge in [-0.25, -0.2) is 0 Å². The second-order valence-electron chi connectivity index (χ2n) is 5.73. The quantitative estimate of drug-likeness (QED) is 0.475. The number of halogens is 1. The second kappa shape index (κ2) is 6.37. The Balaban J connectivity index is 2.06. The predicted octanol–water partition coefficient (Wildman–Crippen LogP) is 2.36. The van der Waals surface area contributed by atoms with Gasteiger partial charge in [0.25, 0.3) is 0 Å². The van der Waals surface area contributed by atoms with Crippen LogP contribution in [0.3, 0.4) is 0 Å². The van der Waals surface area contributed by atoms with Gasteiger partial charge in [0, 0.05) is 22.8 Å². The van der Waals surface area contributed by atoms with E-state index in [1.54, 1.807) is 41.0 Å². The van der Waals surface area contributed by atoms with Crippen LogP contribution in [0.25, 0.3) is 0 Å². The van der Waals surface area contributed by atoms with Gasteiger partial charge >= 0.3 is 11.9 Å². The Bertz CT molecular complexity index is 837. The van der Waals surface area contributed by atoms with Crippen LogP contribution in [0.15, 0.2) is 36.4 Å². The molecule has 6 nitrogen and oxygen atoms in total. The normalized spacial score (nSPS) is 14.7. The summed E-state index contributed by atoms with van der Waals surface area (Å²) in [4.78, 5) is 37.5. The topological polar surface area (TPSA) is 74.6 Å². The first-order valence-corrected chi connectivity index (χ1v) is 8.00. The van der Waals surface area contributed by atoms with Crippen molar-refractivity contribution < 1.29 is 23.9 Å². The van der Waals surface area contributed by atoms with Gasteiger partial charge in [-0.3, -0.25) is 14.4 Å². The van der Waals surface area contributed by atoms with E-state index in [0.29, 0.717) is 28.5 Å². The SMILES string of the molecule is COC(=O)C1(C(=O)OC)CCn2c(C(=O)c3ccc(Cl)cc3)ccc21. The number of benzene rings is 1. The minimum Gasteiger partial charge on any atom is -0.468 e. The molecule has 25 heavy (non-hydrogen) atoms. The fraction of sp³-hybridized carbons (Fsp3) is 0.278. The summed E-state index contributed by atoms with van der Waals surface area (Å²) in [6.07, 6.45) is 0.184. The number of nitrogens with zero attached hydrogens (tertiary/aromatic N) is 1. The Morgan fingerprint density at radius 2 is 1.60 bits per heavy atom. The molecule has 0 fully saturated rings. The molecular formula is C18H16ClNO5. The van der Waals surface area contributed by atoms with E-state index in [9.17, 15) is 14.4 Å². The zero-order chi connectivity index (χ0) is 18.2. The summed E-state index contributed by atoms with van der Waals surface area (Å²) in [7, 11) is 2.44. The number of methoxy groups -OCH3 is 2. The van der Waals surface area contributed by atoms with Crippen molar-refractivity contribution in [3.05, 3.63) is 58.4 Å². The van der Waals surface area contributed by atoms with E-state index in [1.807, 2.05) is 0 Å². The number of carbonyl (C=O) groups is 3. The average Bonchev–Trinajstić information content (AvgIpc) is 3.21. The Hall–Kier alpha value is -2.60. The number of aromatic nitrogens is 1. The van der Waals surface area contributed by atoms with Crippen LogP contribution in [0.1, 0.15) is 28.2 Å². The molecule has 0 radical (unpaired) electrons. The lowest BCUT2D eigenvalue weighted by atomic mass is 9.83. The monoisotopic (exact) mass is 361 g/mol. The number of hydrogen-bond acceptors (Lipinski definition) is 5. The summed E-state index contributed by atoms with van der Waals surface area (Å²) in [6, 6.07) is 9.74. The highest BCUT2D eigenvalue weighted by molar-refractivity contribution is 6.30. The largest absolute Gasteiger partial charge is 0.468 e. The summed E-state index contributed by atoms with van der Waals surface area (Å²) in [5.74, 6) is -1.60. The number of ketones is 1. The van der Waals surface area contributed by atoms with Crippen molar-refractivity contribution in [1.29, 1.82) is 0 Å². The molecule has 0 saturated heterocycles. The Morgan fingerprint density at radius 1 is 1.00 bits per heavy atom. The van der Waals surface area contributed by atoms with Crippen LogP contribution >= 0.6 is 11.6 Å². The minimum atomic E-state index is -1.54. The fourth-order valence-corrected chi connectivity index (χ4v) is 3.41. The van der Waals surface area contributed by atoms with E-state index in [2.05, 4.69) is 0 Å². The van der Waals surface area contributed by atoms with Crippen LogP contribution < -0.4 is 0 Å². The van der Waals surface area contributed by atoms with Crippen molar-refractivity contribution in [2.24, 2.45) is 0 Å². The van der Waals surface area contributed by atoms with Gasteiger partial charge in [-0.2, -0.15) is 0 Å². The lowest BCUT2D eigenvalue weighted by Crippen LogP contribution is -2.43. The number of ether oxygens (including phenoxy) is 2. The molecule has 0 bridgehead atoms. The van der Waals surface area contributed by atoms with Gasteiger partial charge in [-0.1, -0.05) is 11.6 Å². The Morgan fingerprint density at radius 3 is 2.16 bits per heavy atom. The summed E-state index contributed by atoms with van der Waals surface area (Å²) in [6.45, 7) is 0.335. The number of esters is 2. The van der Waals surface area contributed by atoms with Gasteiger partial charge in [0.2, 0.25) is 11.2 Å². The van der Waals surface area contributed by atoms with Crippen LogP contribution in [-0.4, -0.2) is 36.5 Å². The molecule has 3 rings (SSSR count). The van der Waals surface area contributed by atoms with Gasteiger partial charge < -0.3 is 14.0 Å². The third-order valence-corrected chi connectivity index (χ3v) is 4.79. The van der Waals surface area contributed by atoms with Crippen molar-refractivity contribution in [2.75, 3.05) is 14.2 Å². The summed E-state index contributed by atoms with van der Waals surface area (Å²) < 4.78 is 11.3. The molecule has 2 aromatic rings. The molecule has 0 atom stereocenters. The zero-order valence-electron chi connectivity index (χ0n) is 13.7. The second-order valence-corrected chi connectivity index (χ2v) is 6.17. The predicted molar refractivity (Wildman–Crippen MR) is 89.6 cm³/mol. The maximum Gasteiger partial charge on any atom is 0.329 e. The van der Waals surface area contributed by atoms with Crippen molar-refractivity contribution in [1.82, 2.24) is 4.57 Å². The number of rotatable bonds is 4. The van der Waals surface area contributed by atoms with Crippen molar-refractivity contribution >= 4 is 29.3 Å². The highest BCUT2D eigenvalue weighted by Gasteiger charge is 2.55. The van der Waals surface area contributed by atoms with Gasteiger partial charge in [0.1, 0.15) is 0 Å². The Kier molecular flexibility index (Phi) is 4.39. The number of carbonyl (C=O) groups excluding carboxylic acids is 3. The maximum absolute atomic E-state index is 12.8. The Labute approximate surface area is 149 Å². The third kappa shape index (κ3) is 2.53. The van der Waals surface area contributed by atoms with Crippen LogP contribution in [0.2, 0.25) is 5.02 Å². The zero-order valence-corrected chi connectivity index (χ0v) is 14.5. The van der Waals surface area contributed by atoms with Gasteiger partial charge in [0.05, 0.1) is 19.9 Å². The smallest absolute Gasteiger partial charge is 0.329 e. The van der Waals surface area contributed by atoms with Gasteiger partial charge in [0.15, 0.2) is 0 Å². The first kappa shape index (κ1) is 17.2. The van der Waals surface area contributed by atoms with E-state index >= 15 is 0 Å². The van der Waals surface area contributed by atoms with E-state index in [0.717, 1.165) is 0 Å². The number of hydrogen-bond donors (Lipinski definition) is 0. The van der Waals surface area contributed by atoms with E-state index in [4.69, 9.17) is 21.1 Å². The molecule has 0 unspecified atom stereocenters. The third-order valence-electron chi connectivity index (χ3n) is 4.54. The average molecular weight is 362 g/mol. The summed E-state index contributed by atoms with van der Waals surface area (Å²) in [5.41, 5.74) is -0.267. The van der Waals surface area contributed by atoms with E-state index in [1.165, 1.54) is 14.2 Å².